The summed E-state index contributed by atoms with van der Waals surface area (Å²) in [6.07, 6.45) is 0.599. The Morgan fingerprint density at radius 1 is 2.00 bits per heavy atom. The summed E-state index contributed by atoms with van der Waals surface area (Å²) in [5.41, 5.74) is 0. The Labute approximate surface area is 43.4 Å². The Kier molecular flexibility index (Phi) is 2.90. The van der Waals surface area contributed by atoms with Crippen LogP contribution in [0.3, 0.4) is 0 Å². The van der Waals surface area contributed by atoms with E-state index in [9.17, 15) is 4.79 Å². The fourth-order valence-corrected chi connectivity index (χ4v) is 0. The van der Waals surface area contributed by atoms with Crippen molar-refractivity contribution >= 4 is 33.8 Å². The fourth-order valence-electron chi connectivity index (χ4n) is 0. The molecule has 0 heterocycles. The van der Waals surface area contributed by atoms with Gasteiger partial charge in [-0.1, -0.05) is 15.9 Å². The second-order valence-electron chi connectivity index (χ2n) is 0.471. The van der Waals surface area contributed by atoms with E-state index in [1.54, 1.807) is 0 Å². The summed E-state index contributed by atoms with van der Waals surface area (Å²) < 4.78 is -0.512. The number of carbonyl (C=O) groups excluding carboxylic acids is 1. The van der Waals surface area contributed by atoms with Crippen LogP contribution in [-0.2, 0) is 4.79 Å². The highest BCUT2D eigenvalue weighted by Gasteiger charge is 1.86. The number of halogens is 2. The van der Waals surface area contributed by atoms with Crippen molar-refractivity contribution in [2.45, 2.75) is 4.29 Å². The lowest BCUT2D eigenvalue weighted by Crippen LogP contribution is -1.80. The number of rotatable bonds is 1. The molecule has 0 aromatic rings. The average molecular weight is 157 g/mol. The molecule has 0 amide bonds. The van der Waals surface area contributed by atoms with Crippen molar-refractivity contribution in [2.24, 2.45) is 0 Å². The Morgan fingerprint density at radius 3 is 2.20 bits per heavy atom. The lowest BCUT2D eigenvalue weighted by Gasteiger charge is -1.73. The summed E-state index contributed by atoms with van der Waals surface area (Å²) in [4.78, 5) is 9.33. The summed E-state index contributed by atoms with van der Waals surface area (Å²) in [5, 5.41) is 0. The Morgan fingerprint density at radius 2 is 2.20 bits per heavy atom. The van der Waals surface area contributed by atoms with Gasteiger partial charge in [0, 0.05) is 0 Å². The van der Waals surface area contributed by atoms with Gasteiger partial charge in [0.25, 0.3) is 0 Å². The Balaban J connectivity index is 2.83. The van der Waals surface area contributed by atoms with Crippen LogP contribution in [0.25, 0.3) is 0 Å². The van der Waals surface area contributed by atoms with Crippen molar-refractivity contribution in [1.82, 2.24) is 0 Å². The first-order valence-corrected chi connectivity index (χ1v) is 2.36. The first kappa shape index (κ1) is 5.44. The maximum atomic E-state index is 9.33. The SMILES string of the molecule is O=CC(Cl)Br. The van der Waals surface area contributed by atoms with Gasteiger partial charge in [0.1, 0.15) is 10.6 Å². The highest BCUT2D eigenvalue weighted by molar-refractivity contribution is 9.10. The topological polar surface area (TPSA) is 17.1 Å². The molecule has 0 aliphatic heterocycles. The first-order chi connectivity index (χ1) is 2.27. The maximum absolute atomic E-state index is 9.33. The van der Waals surface area contributed by atoms with Crippen LogP contribution in [0.1, 0.15) is 0 Å². The highest BCUT2D eigenvalue weighted by Crippen LogP contribution is 1.97. The molecule has 0 fully saturated rings. The van der Waals surface area contributed by atoms with Gasteiger partial charge in [-0.05, 0) is 0 Å². The molecule has 30 valence electrons. The number of aldehydes is 1. The molecule has 3 heteroatoms. The minimum Gasteiger partial charge on any atom is -0.301 e. The largest absolute Gasteiger partial charge is 0.301 e. The molecule has 0 aliphatic carbocycles. The van der Waals surface area contributed by atoms with Crippen molar-refractivity contribution in [2.75, 3.05) is 0 Å². The second-order valence-corrected chi connectivity index (χ2v) is 2.45. The molecular weight excluding hydrogens is 155 g/mol. The third-order valence-corrected chi connectivity index (χ3v) is 0.422. The average Bonchev–Trinajstić information content (AvgIpc) is 1.38. The fraction of sp³-hybridized carbons (Fsp3) is 0.500. The van der Waals surface area contributed by atoms with Crippen LogP contribution in [0.5, 0.6) is 0 Å². The van der Waals surface area contributed by atoms with E-state index in [-0.39, 0.29) is 0 Å². The molecule has 0 bridgehead atoms. The zero-order chi connectivity index (χ0) is 4.28. The van der Waals surface area contributed by atoms with Gasteiger partial charge in [0.2, 0.25) is 0 Å². The van der Waals surface area contributed by atoms with Crippen LogP contribution >= 0.6 is 27.5 Å². The van der Waals surface area contributed by atoms with Crippen molar-refractivity contribution in [3.63, 3.8) is 0 Å². The predicted molar refractivity (Wildman–Crippen MR) is 24.6 cm³/mol. The van der Waals surface area contributed by atoms with Crippen LogP contribution in [0, 0.1) is 0 Å². The molecule has 0 saturated heterocycles. The third kappa shape index (κ3) is 4.44. The van der Waals surface area contributed by atoms with E-state index in [0.29, 0.717) is 6.29 Å². The van der Waals surface area contributed by atoms with Gasteiger partial charge in [0.05, 0.1) is 0 Å². The number of carbonyl (C=O) groups is 1. The molecule has 1 nitrogen and oxygen atoms in total. The zero-order valence-corrected chi connectivity index (χ0v) is 4.66. The first-order valence-electron chi connectivity index (χ1n) is 1.01. The lowest BCUT2D eigenvalue weighted by atomic mass is 10.9. The lowest BCUT2D eigenvalue weighted by molar-refractivity contribution is -0.106. The summed E-state index contributed by atoms with van der Waals surface area (Å²) in [6.45, 7) is 0. The van der Waals surface area contributed by atoms with Gasteiger partial charge >= 0.3 is 0 Å². The zero-order valence-electron chi connectivity index (χ0n) is 2.32. The van der Waals surface area contributed by atoms with E-state index in [2.05, 4.69) is 15.9 Å². The number of hydrogen-bond donors (Lipinski definition) is 0. The van der Waals surface area contributed by atoms with Crippen LogP contribution in [-0.4, -0.2) is 10.6 Å². The van der Waals surface area contributed by atoms with Crippen LogP contribution < -0.4 is 0 Å². The van der Waals surface area contributed by atoms with E-state index in [1.165, 1.54) is 0 Å². The van der Waals surface area contributed by atoms with E-state index >= 15 is 0 Å². The summed E-state index contributed by atoms with van der Waals surface area (Å²) in [6, 6.07) is 0. The molecule has 0 aromatic heterocycles. The molecule has 1 unspecified atom stereocenters. The standard InChI is InChI=1S/C2H2BrClO/c3-2(4)1-5/h1-2H. The summed E-state index contributed by atoms with van der Waals surface area (Å²) >= 11 is 7.78. The Hall–Kier alpha value is 0.440. The molecule has 0 aliphatic rings. The van der Waals surface area contributed by atoms with Gasteiger partial charge in [-0.15, -0.1) is 11.6 Å². The monoisotopic (exact) mass is 156 g/mol. The van der Waals surface area contributed by atoms with Gasteiger partial charge in [-0.3, -0.25) is 0 Å². The van der Waals surface area contributed by atoms with E-state index in [4.69, 9.17) is 11.6 Å². The quantitative estimate of drug-likeness (QED) is 0.412. The third-order valence-electron chi connectivity index (χ3n) is 0.103. The molecular formula is C2H2BrClO. The molecule has 0 N–H and O–H groups in total. The number of alkyl halides is 2. The second kappa shape index (κ2) is 2.67. The maximum Gasteiger partial charge on any atom is 0.148 e. The predicted octanol–water partition coefficient (Wildman–Crippen LogP) is 1.15. The smallest absolute Gasteiger partial charge is 0.148 e. The van der Waals surface area contributed by atoms with E-state index in [1.807, 2.05) is 0 Å². The van der Waals surface area contributed by atoms with Gasteiger partial charge in [-0.2, -0.15) is 0 Å². The molecule has 1 atom stereocenters. The van der Waals surface area contributed by atoms with Crippen molar-refractivity contribution in [3.05, 3.63) is 0 Å². The summed E-state index contributed by atoms with van der Waals surface area (Å²) in [5.74, 6) is 0. The van der Waals surface area contributed by atoms with Gasteiger partial charge in [0.15, 0.2) is 0 Å². The summed E-state index contributed by atoms with van der Waals surface area (Å²) in [7, 11) is 0. The number of hydrogen-bond acceptors (Lipinski definition) is 1. The minimum absolute atomic E-state index is 0.512. The molecule has 0 saturated carbocycles. The molecule has 0 spiro atoms. The minimum atomic E-state index is -0.512. The van der Waals surface area contributed by atoms with Crippen LogP contribution in [0.4, 0.5) is 0 Å². The van der Waals surface area contributed by atoms with Crippen molar-refractivity contribution < 1.29 is 4.79 Å². The van der Waals surface area contributed by atoms with Crippen molar-refractivity contribution in [3.8, 4) is 0 Å². The Bertz CT molecular complexity index is 36.6. The van der Waals surface area contributed by atoms with Crippen molar-refractivity contribution in [1.29, 1.82) is 0 Å². The van der Waals surface area contributed by atoms with Gasteiger partial charge in [-0.25, -0.2) is 0 Å². The highest BCUT2D eigenvalue weighted by atomic mass is 79.9. The molecule has 0 aromatic carbocycles. The molecule has 0 radical (unpaired) electrons. The van der Waals surface area contributed by atoms with E-state index < -0.39 is 4.29 Å². The van der Waals surface area contributed by atoms with Gasteiger partial charge < -0.3 is 4.79 Å². The molecule has 5 heavy (non-hydrogen) atoms. The normalized spacial score (nSPS) is 14.0. The molecule has 0 rings (SSSR count). The van der Waals surface area contributed by atoms with E-state index in [0.717, 1.165) is 0 Å². The van der Waals surface area contributed by atoms with Crippen LogP contribution in [0.15, 0.2) is 0 Å². The van der Waals surface area contributed by atoms with Crippen LogP contribution in [0.2, 0.25) is 0 Å².